The average molecular weight is 476 g/mol. The van der Waals surface area contributed by atoms with Gasteiger partial charge >= 0.3 is 5.97 Å². The molecule has 2 atom stereocenters. The Balaban J connectivity index is 2.09. The third kappa shape index (κ3) is 6.52. The number of benzene rings is 2. The Bertz CT molecular complexity index is 1070. The van der Waals surface area contributed by atoms with Gasteiger partial charge in [-0.1, -0.05) is 43.6 Å². The van der Waals surface area contributed by atoms with Gasteiger partial charge in [0.1, 0.15) is 6.04 Å². The molecule has 0 heterocycles. The molecule has 10 heteroatoms. The molecule has 2 aromatic carbocycles. The molecular formula is C23H26ClN3O6. The number of carbonyl (C=O) groups excluding carboxylic acids is 3. The number of rotatable bonds is 8. The number of amides is 2. The highest BCUT2D eigenvalue weighted by Gasteiger charge is 2.30. The summed E-state index contributed by atoms with van der Waals surface area (Å²) in [7, 11) is 0. The van der Waals surface area contributed by atoms with Gasteiger partial charge in [0.05, 0.1) is 15.5 Å². The molecular weight excluding hydrogens is 450 g/mol. The van der Waals surface area contributed by atoms with Crippen molar-refractivity contribution >= 4 is 40.8 Å². The summed E-state index contributed by atoms with van der Waals surface area (Å²) in [6.07, 6.45) is -1.11. The maximum Gasteiger partial charge on any atom is 0.329 e. The van der Waals surface area contributed by atoms with Gasteiger partial charge in [0, 0.05) is 17.8 Å². The second-order valence-corrected chi connectivity index (χ2v) is 8.36. The van der Waals surface area contributed by atoms with Gasteiger partial charge in [-0.05, 0) is 43.9 Å². The fourth-order valence-corrected chi connectivity index (χ4v) is 3.32. The van der Waals surface area contributed by atoms with Gasteiger partial charge in [0.25, 0.3) is 17.5 Å². The fraction of sp³-hybridized carbons (Fsp3) is 0.348. The molecule has 9 nitrogen and oxygen atoms in total. The molecule has 0 saturated carbocycles. The first-order valence-electron chi connectivity index (χ1n) is 10.2. The number of hydrogen-bond donors (Lipinski definition) is 2. The lowest BCUT2D eigenvalue weighted by molar-refractivity contribution is -0.384. The fourth-order valence-electron chi connectivity index (χ4n) is 3.06. The van der Waals surface area contributed by atoms with Crippen LogP contribution in [0.3, 0.4) is 0 Å². The first-order valence-corrected chi connectivity index (χ1v) is 10.6. The molecule has 2 N–H and O–H groups in total. The Morgan fingerprint density at radius 2 is 1.67 bits per heavy atom. The summed E-state index contributed by atoms with van der Waals surface area (Å²) in [4.78, 5) is 48.2. The molecule has 33 heavy (non-hydrogen) atoms. The Hall–Kier alpha value is -3.46. The van der Waals surface area contributed by atoms with E-state index in [2.05, 4.69) is 10.6 Å². The second kappa shape index (κ2) is 10.9. The number of halogens is 1. The summed E-state index contributed by atoms with van der Waals surface area (Å²) in [5.74, 6) is -2.36. The molecule has 0 bridgehead atoms. The van der Waals surface area contributed by atoms with E-state index in [1.165, 1.54) is 13.0 Å². The van der Waals surface area contributed by atoms with Crippen LogP contribution in [0.4, 0.5) is 11.4 Å². The minimum Gasteiger partial charge on any atom is -0.451 e. The predicted molar refractivity (Wildman–Crippen MR) is 124 cm³/mol. The minimum atomic E-state index is -1.11. The lowest BCUT2D eigenvalue weighted by Gasteiger charge is -2.23. The third-order valence-electron chi connectivity index (χ3n) is 5.01. The number of nitrogens with zero attached hydrogens (tertiary/aromatic N) is 1. The second-order valence-electron chi connectivity index (χ2n) is 7.95. The summed E-state index contributed by atoms with van der Waals surface area (Å²) < 4.78 is 5.32. The zero-order valence-corrected chi connectivity index (χ0v) is 19.7. The Kier molecular flexibility index (Phi) is 8.53. The van der Waals surface area contributed by atoms with Crippen LogP contribution in [0.15, 0.2) is 36.4 Å². The first kappa shape index (κ1) is 25.8. The molecule has 0 aliphatic carbocycles. The number of para-hydroxylation sites is 1. The van der Waals surface area contributed by atoms with Crippen molar-refractivity contribution in [1.29, 1.82) is 0 Å². The summed E-state index contributed by atoms with van der Waals surface area (Å²) >= 11 is 6.00. The van der Waals surface area contributed by atoms with E-state index in [0.717, 1.165) is 23.3 Å². The zero-order chi connectivity index (χ0) is 24.9. The van der Waals surface area contributed by atoms with E-state index >= 15 is 0 Å². The van der Waals surface area contributed by atoms with Gasteiger partial charge < -0.3 is 15.4 Å². The van der Waals surface area contributed by atoms with Crippen molar-refractivity contribution in [1.82, 2.24) is 5.32 Å². The lowest BCUT2D eigenvalue weighted by Crippen LogP contribution is -2.47. The highest BCUT2D eigenvalue weighted by atomic mass is 35.5. The number of aryl methyl sites for hydroxylation is 2. The van der Waals surface area contributed by atoms with Crippen molar-refractivity contribution in [3.8, 4) is 0 Å². The summed E-state index contributed by atoms with van der Waals surface area (Å²) in [6.45, 7) is 8.54. The molecule has 2 rings (SSSR count). The topological polar surface area (TPSA) is 128 Å². The number of non-ortho nitro benzene ring substituents is 1. The molecule has 0 aliphatic rings. The van der Waals surface area contributed by atoms with Crippen LogP contribution in [0, 0.1) is 29.9 Å². The number of nitro groups is 1. The molecule has 0 saturated heterocycles. The molecule has 2 amide bonds. The summed E-state index contributed by atoms with van der Waals surface area (Å²) in [5.41, 5.74) is 2.09. The van der Waals surface area contributed by atoms with Crippen LogP contribution < -0.4 is 10.6 Å². The van der Waals surface area contributed by atoms with E-state index in [-0.39, 0.29) is 22.2 Å². The smallest absolute Gasteiger partial charge is 0.329 e. The molecule has 0 spiro atoms. The number of anilines is 1. The number of ether oxygens (including phenoxy) is 1. The molecule has 1 unspecified atom stereocenters. The Morgan fingerprint density at radius 1 is 1.06 bits per heavy atom. The number of carbonyl (C=O) groups is 3. The van der Waals surface area contributed by atoms with E-state index in [1.807, 2.05) is 32.0 Å². The molecule has 176 valence electrons. The molecule has 0 fully saturated rings. The van der Waals surface area contributed by atoms with Crippen molar-refractivity contribution in [2.45, 2.75) is 46.8 Å². The molecule has 2 aromatic rings. The maximum atomic E-state index is 12.7. The van der Waals surface area contributed by atoms with Gasteiger partial charge in [0.2, 0.25) is 0 Å². The number of nitro benzene ring substituents is 1. The van der Waals surface area contributed by atoms with Gasteiger partial charge in [-0.2, -0.15) is 0 Å². The van der Waals surface area contributed by atoms with Crippen LogP contribution in [0.2, 0.25) is 5.02 Å². The number of esters is 1. The minimum absolute atomic E-state index is 0.0264. The lowest BCUT2D eigenvalue weighted by atomic mass is 10.0. The average Bonchev–Trinajstić information content (AvgIpc) is 2.73. The number of hydrogen-bond acceptors (Lipinski definition) is 6. The van der Waals surface area contributed by atoms with Crippen molar-refractivity contribution in [2.24, 2.45) is 5.92 Å². The van der Waals surface area contributed by atoms with Crippen molar-refractivity contribution in [2.75, 3.05) is 5.32 Å². The zero-order valence-electron chi connectivity index (χ0n) is 19.0. The van der Waals surface area contributed by atoms with Crippen LogP contribution in [0.1, 0.15) is 42.3 Å². The van der Waals surface area contributed by atoms with Crippen LogP contribution >= 0.6 is 11.6 Å². The van der Waals surface area contributed by atoms with Crippen LogP contribution in [0.25, 0.3) is 0 Å². The molecule has 0 aromatic heterocycles. The van der Waals surface area contributed by atoms with E-state index in [9.17, 15) is 24.5 Å². The van der Waals surface area contributed by atoms with Crippen molar-refractivity contribution in [3.05, 3.63) is 68.2 Å². The third-order valence-corrected chi connectivity index (χ3v) is 5.32. The van der Waals surface area contributed by atoms with Crippen LogP contribution in [-0.2, 0) is 14.3 Å². The first-order chi connectivity index (χ1) is 15.4. The standard InChI is InChI=1S/C23H26ClN3O6/c1-12(2)19(25-22(29)17-10-9-16(27(31)32)11-18(17)24)23(30)33-15(5)21(28)26-20-13(3)7-6-8-14(20)4/h6-12,15,19H,1-5H3,(H,25,29)(H,26,28)/t15?,19-/m0/s1. The van der Waals surface area contributed by atoms with E-state index < -0.39 is 34.9 Å². The van der Waals surface area contributed by atoms with Gasteiger partial charge in [-0.3, -0.25) is 19.7 Å². The van der Waals surface area contributed by atoms with Crippen molar-refractivity contribution in [3.63, 3.8) is 0 Å². The van der Waals surface area contributed by atoms with Gasteiger partial charge in [-0.25, -0.2) is 4.79 Å². The van der Waals surface area contributed by atoms with Crippen LogP contribution in [0.5, 0.6) is 0 Å². The quantitative estimate of drug-likeness (QED) is 0.334. The highest BCUT2D eigenvalue weighted by molar-refractivity contribution is 6.34. The Morgan fingerprint density at radius 3 is 2.18 bits per heavy atom. The van der Waals surface area contributed by atoms with E-state index in [1.54, 1.807) is 13.8 Å². The van der Waals surface area contributed by atoms with Gasteiger partial charge in [-0.15, -0.1) is 0 Å². The molecule has 0 radical (unpaired) electrons. The normalized spacial score (nSPS) is 12.6. The van der Waals surface area contributed by atoms with Crippen molar-refractivity contribution < 1.29 is 24.0 Å². The SMILES string of the molecule is Cc1cccc(C)c1NC(=O)C(C)OC(=O)[C@@H](NC(=O)c1ccc([N+](=O)[O-])cc1Cl)C(C)C. The van der Waals surface area contributed by atoms with E-state index in [0.29, 0.717) is 5.69 Å². The monoisotopic (exact) mass is 475 g/mol. The maximum absolute atomic E-state index is 12.7. The van der Waals surface area contributed by atoms with E-state index in [4.69, 9.17) is 16.3 Å². The summed E-state index contributed by atoms with van der Waals surface area (Å²) in [6, 6.07) is 7.91. The predicted octanol–water partition coefficient (Wildman–Crippen LogP) is 4.19. The van der Waals surface area contributed by atoms with Gasteiger partial charge in [0.15, 0.2) is 6.10 Å². The highest BCUT2D eigenvalue weighted by Crippen LogP contribution is 2.23. The summed E-state index contributed by atoms with van der Waals surface area (Å²) in [5, 5.41) is 16.0. The van der Waals surface area contributed by atoms with Crippen LogP contribution in [-0.4, -0.2) is 34.9 Å². The number of nitrogens with one attached hydrogen (secondary N) is 2. The Labute approximate surface area is 196 Å². The molecule has 0 aliphatic heterocycles. The largest absolute Gasteiger partial charge is 0.451 e.